The molecule has 0 aromatic carbocycles. The van der Waals surface area contributed by atoms with Crippen molar-refractivity contribution in [1.29, 1.82) is 0 Å². The van der Waals surface area contributed by atoms with Gasteiger partial charge in [0, 0.05) is 5.54 Å². The Hall–Kier alpha value is -0.0400. The summed E-state index contributed by atoms with van der Waals surface area (Å²) in [6.45, 7) is 12.2. The molecule has 0 aliphatic carbocycles. The molecule has 0 bridgehead atoms. The molecule has 1 heteroatoms. The molecule has 1 atom stereocenters. The molecule has 1 saturated heterocycles. The molecule has 0 spiro atoms. The molecule has 1 unspecified atom stereocenters. The van der Waals surface area contributed by atoms with Crippen molar-refractivity contribution < 1.29 is 0 Å². The van der Waals surface area contributed by atoms with Gasteiger partial charge in [0.05, 0.1) is 0 Å². The van der Waals surface area contributed by atoms with Crippen molar-refractivity contribution >= 4 is 0 Å². The van der Waals surface area contributed by atoms with Crippen molar-refractivity contribution in [3.05, 3.63) is 0 Å². The predicted octanol–water partition coefficient (Wildman–Crippen LogP) is 2.42. The van der Waals surface area contributed by atoms with Gasteiger partial charge in [-0.05, 0) is 26.3 Å². The second kappa shape index (κ2) is 3.97. The molecule has 1 nitrogen and oxygen atoms in total. The van der Waals surface area contributed by atoms with Crippen LogP contribution in [-0.4, -0.2) is 12.1 Å². The molecular weight excluding hydrogens is 122 g/mol. The van der Waals surface area contributed by atoms with Crippen molar-refractivity contribution in [3.8, 4) is 0 Å². The van der Waals surface area contributed by atoms with Gasteiger partial charge in [-0.15, -0.1) is 0 Å². The Balaban J connectivity index is 0.000000236. The van der Waals surface area contributed by atoms with Crippen LogP contribution in [0.25, 0.3) is 0 Å². The largest absolute Gasteiger partial charge is 0.311 e. The highest BCUT2D eigenvalue weighted by atomic mass is 15.0. The smallest absolute Gasteiger partial charge is 0.0162 e. The van der Waals surface area contributed by atoms with E-state index in [1.807, 2.05) is 0 Å². The first-order chi connectivity index (χ1) is 4.54. The molecule has 0 saturated carbocycles. The topological polar surface area (TPSA) is 12.0 Å². The van der Waals surface area contributed by atoms with E-state index >= 15 is 0 Å². The maximum atomic E-state index is 3.33. The Bertz CT molecular complexity index is 86.7. The first kappa shape index (κ1) is 9.96. The normalized spacial score (nSPS) is 27.9. The molecule has 1 heterocycles. The number of hydrogen-bond acceptors (Lipinski definition) is 1. The Labute approximate surface area is 65.2 Å². The van der Waals surface area contributed by atoms with E-state index in [1.54, 1.807) is 0 Å². The minimum Gasteiger partial charge on any atom is -0.311 e. The van der Waals surface area contributed by atoms with E-state index in [-0.39, 0.29) is 0 Å². The molecule has 1 rings (SSSR count). The Morgan fingerprint density at radius 1 is 1.40 bits per heavy atom. The third kappa shape index (κ3) is 2.70. The molecule has 1 N–H and O–H groups in total. The average molecular weight is 143 g/mol. The summed E-state index contributed by atoms with van der Waals surface area (Å²) in [4.78, 5) is 0. The maximum Gasteiger partial charge on any atom is 0.0162 e. The van der Waals surface area contributed by atoms with E-state index in [0.717, 1.165) is 5.92 Å². The zero-order valence-corrected chi connectivity index (χ0v) is 7.99. The summed E-state index contributed by atoms with van der Waals surface area (Å²) < 4.78 is 0. The van der Waals surface area contributed by atoms with E-state index in [2.05, 4.69) is 39.9 Å². The molecule has 1 aliphatic heterocycles. The van der Waals surface area contributed by atoms with Crippen LogP contribution in [0, 0.1) is 5.92 Å². The first-order valence-corrected chi connectivity index (χ1v) is 4.29. The van der Waals surface area contributed by atoms with Crippen molar-refractivity contribution in [2.45, 2.75) is 46.6 Å². The standard InChI is InChI=1S/C6H13N.C3H8/c1-5-4-7-6(5,2)3;1-3-2/h5,7H,4H2,1-3H3;3H2,1-2H3. The van der Waals surface area contributed by atoms with Crippen LogP contribution in [0.1, 0.15) is 41.0 Å². The van der Waals surface area contributed by atoms with Gasteiger partial charge in [-0.3, -0.25) is 0 Å². The van der Waals surface area contributed by atoms with Gasteiger partial charge >= 0.3 is 0 Å². The van der Waals surface area contributed by atoms with Gasteiger partial charge in [-0.25, -0.2) is 0 Å². The third-order valence-corrected chi connectivity index (χ3v) is 2.10. The zero-order chi connectivity index (χ0) is 8.20. The fourth-order valence-electron chi connectivity index (χ4n) is 0.714. The van der Waals surface area contributed by atoms with Crippen molar-refractivity contribution in [2.24, 2.45) is 5.92 Å². The second-order valence-electron chi connectivity index (χ2n) is 3.71. The molecule has 0 radical (unpaired) electrons. The fraction of sp³-hybridized carbons (Fsp3) is 1.00. The van der Waals surface area contributed by atoms with Crippen LogP contribution in [0.2, 0.25) is 0 Å². The summed E-state index contributed by atoms with van der Waals surface area (Å²) >= 11 is 0. The lowest BCUT2D eigenvalue weighted by Crippen LogP contribution is -2.59. The Morgan fingerprint density at radius 3 is 1.70 bits per heavy atom. The average Bonchev–Trinajstić information content (AvgIpc) is 1.87. The molecule has 1 fully saturated rings. The van der Waals surface area contributed by atoms with Crippen LogP contribution in [-0.2, 0) is 0 Å². The van der Waals surface area contributed by atoms with Crippen molar-refractivity contribution in [3.63, 3.8) is 0 Å². The monoisotopic (exact) mass is 143 g/mol. The van der Waals surface area contributed by atoms with Crippen LogP contribution in [0.4, 0.5) is 0 Å². The first-order valence-electron chi connectivity index (χ1n) is 4.29. The van der Waals surface area contributed by atoms with Gasteiger partial charge < -0.3 is 5.32 Å². The summed E-state index contributed by atoms with van der Waals surface area (Å²) in [5.41, 5.74) is 0.431. The lowest BCUT2D eigenvalue weighted by molar-refractivity contribution is 0.157. The minimum absolute atomic E-state index is 0.431. The summed E-state index contributed by atoms with van der Waals surface area (Å²) in [6.07, 6.45) is 1.25. The Kier molecular flexibility index (Phi) is 3.95. The lowest BCUT2D eigenvalue weighted by atomic mass is 9.81. The molecule has 10 heavy (non-hydrogen) atoms. The quantitative estimate of drug-likeness (QED) is 0.549. The molecule has 0 aromatic heterocycles. The van der Waals surface area contributed by atoms with Crippen LogP contribution in [0.15, 0.2) is 0 Å². The van der Waals surface area contributed by atoms with Crippen LogP contribution < -0.4 is 5.32 Å². The van der Waals surface area contributed by atoms with Crippen molar-refractivity contribution in [2.75, 3.05) is 6.54 Å². The Morgan fingerprint density at radius 2 is 1.70 bits per heavy atom. The zero-order valence-electron chi connectivity index (χ0n) is 7.99. The van der Waals surface area contributed by atoms with E-state index in [0.29, 0.717) is 5.54 Å². The van der Waals surface area contributed by atoms with Gasteiger partial charge in [0.2, 0.25) is 0 Å². The van der Waals surface area contributed by atoms with Crippen LogP contribution in [0.3, 0.4) is 0 Å². The van der Waals surface area contributed by atoms with Crippen LogP contribution >= 0.6 is 0 Å². The highest BCUT2D eigenvalue weighted by molar-refractivity contribution is 4.93. The summed E-state index contributed by atoms with van der Waals surface area (Å²) in [7, 11) is 0. The maximum absolute atomic E-state index is 3.33. The molecule has 1 aliphatic rings. The SMILES string of the molecule is CC1CNC1(C)C.CCC. The summed E-state index contributed by atoms with van der Waals surface area (Å²) in [6, 6.07) is 0. The molecular formula is C9H21N. The van der Waals surface area contributed by atoms with Crippen LogP contribution in [0.5, 0.6) is 0 Å². The second-order valence-corrected chi connectivity index (χ2v) is 3.71. The minimum atomic E-state index is 0.431. The van der Waals surface area contributed by atoms with Crippen molar-refractivity contribution in [1.82, 2.24) is 5.32 Å². The van der Waals surface area contributed by atoms with Gasteiger partial charge in [-0.1, -0.05) is 27.2 Å². The highest BCUT2D eigenvalue weighted by Gasteiger charge is 2.33. The van der Waals surface area contributed by atoms with Gasteiger partial charge in [0.25, 0.3) is 0 Å². The van der Waals surface area contributed by atoms with Gasteiger partial charge in [0.1, 0.15) is 0 Å². The van der Waals surface area contributed by atoms with E-state index in [9.17, 15) is 0 Å². The van der Waals surface area contributed by atoms with E-state index in [4.69, 9.17) is 0 Å². The predicted molar refractivity (Wildman–Crippen MR) is 47.2 cm³/mol. The molecule has 0 aromatic rings. The van der Waals surface area contributed by atoms with E-state index in [1.165, 1.54) is 13.0 Å². The lowest BCUT2D eigenvalue weighted by Gasteiger charge is -2.43. The van der Waals surface area contributed by atoms with Gasteiger partial charge in [0.15, 0.2) is 0 Å². The summed E-state index contributed by atoms with van der Waals surface area (Å²) in [5.74, 6) is 0.868. The van der Waals surface area contributed by atoms with Gasteiger partial charge in [-0.2, -0.15) is 0 Å². The molecule has 0 amide bonds. The number of rotatable bonds is 0. The third-order valence-electron chi connectivity index (χ3n) is 2.10. The number of hydrogen-bond donors (Lipinski definition) is 1. The highest BCUT2D eigenvalue weighted by Crippen LogP contribution is 2.23. The fourth-order valence-corrected chi connectivity index (χ4v) is 0.714. The molecule has 62 valence electrons. The van der Waals surface area contributed by atoms with E-state index < -0.39 is 0 Å². The number of nitrogens with one attached hydrogen (secondary N) is 1. The summed E-state index contributed by atoms with van der Waals surface area (Å²) in [5, 5.41) is 3.33.